The van der Waals surface area contributed by atoms with Gasteiger partial charge in [-0.2, -0.15) is 0 Å². The Morgan fingerprint density at radius 3 is 2.30 bits per heavy atom. The Kier molecular flexibility index (Phi) is 5.91. The Balaban J connectivity index is 2.83. The summed E-state index contributed by atoms with van der Waals surface area (Å²) in [6.45, 7) is 3.74. The van der Waals surface area contributed by atoms with Crippen LogP contribution in [0.4, 0.5) is 5.69 Å². The lowest BCUT2D eigenvalue weighted by Crippen LogP contribution is -2.11. The Bertz CT molecular complexity index is 524. The number of hydrogen-bond acceptors (Lipinski definition) is 3. The smallest absolute Gasteiger partial charge is 0.169 e. The minimum atomic E-state index is -0.212. The normalized spacial score (nSPS) is 13.3. The lowest BCUT2D eigenvalue weighted by Gasteiger charge is -2.13. The van der Waals surface area contributed by atoms with Gasteiger partial charge in [-0.3, -0.25) is 9.59 Å². The number of carbonyl (C=O) groups excluding carboxylic acids is 2. The van der Waals surface area contributed by atoms with Crippen LogP contribution in [0.15, 0.2) is 48.1 Å². The molecule has 1 rings (SSSR count). The lowest BCUT2D eigenvalue weighted by molar-refractivity contribution is -0.104. The molecule has 3 heteroatoms. The summed E-state index contributed by atoms with van der Waals surface area (Å²) in [6, 6.07) is 7.56. The molecule has 0 saturated carbocycles. The number of benzene rings is 1. The average Bonchev–Trinajstić information content (AvgIpc) is 2.44. The molecule has 0 saturated heterocycles. The summed E-state index contributed by atoms with van der Waals surface area (Å²) >= 11 is 0. The number of rotatable bonds is 6. The van der Waals surface area contributed by atoms with Gasteiger partial charge in [0.25, 0.3) is 0 Å². The first-order valence-electron chi connectivity index (χ1n) is 6.57. The van der Waals surface area contributed by atoms with E-state index in [1.54, 1.807) is 6.08 Å². The van der Waals surface area contributed by atoms with E-state index >= 15 is 0 Å². The van der Waals surface area contributed by atoms with E-state index in [0.29, 0.717) is 5.56 Å². The van der Waals surface area contributed by atoms with Crippen molar-refractivity contribution in [1.82, 2.24) is 0 Å². The molecule has 0 aliphatic heterocycles. The van der Waals surface area contributed by atoms with Gasteiger partial charge in [-0.05, 0) is 37.3 Å². The third kappa shape index (κ3) is 4.50. The second-order valence-electron chi connectivity index (χ2n) is 5.00. The van der Waals surface area contributed by atoms with Crippen molar-refractivity contribution in [3.05, 3.63) is 53.6 Å². The highest BCUT2D eigenvalue weighted by Gasteiger charge is 2.12. The molecule has 1 unspecified atom stereocenters. The molecule has 106 valence electrons. The third-order valence-electron chi connectivity index (χ3n) is 3.03. The summed E-state index contributed by atoms with van der Waals surface area (Å²) in [5, 5.41) is 0. The standard InChI is InChI=1S/C17H21NO2/c1-13(6-5-11-19)12-14(2)17(20)15-7-9-16(10-8-15)18(3)4/h5-12,14H,1-4H3/b6-5+,13-12+. The molecule has 20 heavy (non-hydrogen) atoms. The number of ketones is 1. The van der Waals surface area contributed by atoms with Gasteiger partial charge in [0.1, 0.15) is 6.29 Å². The quantitative estimate of drug-likeness (QED) is 0.345. The van der Waals surface area contributed by atoms with Crippen molar-refractivity contribution in [3.8, 4) is 0 Å². The van der Waals surface area contributed by atoms with Crippen LogP contribution < -0.4 is 4.90 Å². The van der Waals surface area contributed by atoms with Crippen molar-refractivity contribution in [2.24, 2.45) is 5.92 Å². The molecular weight excluding hydrogens is 250 g/mol. The maximum atomic E-state index is 12.3. The highest BCUT2D eigenvalue weighted by molar-refractivity contribution is 5.99. The van der Waals surface area contributed by atoms with E-state index in [0.717, 1.165) is 17.5 Å². The van der Waals surface area contributed by atoms with Crippen LogP contribution in [0.2, 0.25) is 0 Å². The summed E-state index contributed by atoms with van der Waals surface area (Å²) in [5.41, 5.74) is 2.67. The number of allylic oxidation sites excluding steroid dienone is 4. The minimum Gasteiger partial charge on any atom is -0.378 e. The fraction of sp³-hybridized carbons (Fsp3) is 0.294. The molecular formula is C17H21NO2. The predicted octanol–water partition coefficient (Wildman–Crippen LogP) is 3.27. The predicted molar refractivity (Wildman–Crippen MR) is 83.2 cm³/mol. The van der Waals surface area contributed by atoms with Crippen LogP contribution in [0.25, 0.3) is 0 Å². The SMILES string of the molecule is CC(/C=C/C=O)=C\C(C)C(=O)c1ccc(N(C)C)cc1. The highest BCUT2D eigenvalue weighted by Crippen LogP contribution is 2.16. The van der Waals surface area contributed by atoms with Crippen molar-refractivity contribution in [2.75, 3.05) is 19.0 Å². The molecule has 0 radical (unpaired) electrons. The Morgan fingerprint density at radius 1 is 1.20 bits per heavy atom. The summed E-state index contributed by atoms with van der Waals surface area (Å²) in [7, 11) is 3.93. The van der Waals surface area contributed by atoms with Gasteiger partial charge in [-0.25, -0.2) is 0 Å². The van der Waals surface area contributed by atoms with E-state index in [9.17, 15) is 9.59 Å². The van der Waals surface area contributed by atoms with E-state index < -0.39 is 0 Å². The number of anilines is 1. The average molecular weight is 271 g/mol. The van der Waals surface area contributed by atoms with Crippen molar-refractivity contribution >= 4 is 17.8 Å². The zero-order chi connectivity index (χ0) is 15.1. The molecule has 0 N–H and O–H groups in total. The Hall–Kier alpha value is -2.16. The fourth-order valence-corrected chi connectivity index (χ4v) is 1.90. The molecule has 1 atom stereocenters. The zero-order valence-corrected chi connectivity index (χ0v) is 12.5. The maximum Gasteiger partial charge on any atom is 0.169 e. The third-order valence-corrected chi connectivity index (χ3v) is 3.03. The summed E-state index contributed by atoms with van der Waals surface area (Å²) < 4.78 is 0. The molecule has 0 fully saturated rings. The fourth-order valence-electron chi connectivity index (χ4n) is 1.90. The largest absolute Gasteiger partial charge is 0.378 e. The lowest BCUT2D eigenvalue weighted by atomic mass is 9.97. The van der Waals surface area contributed by atoms with E-state index in [4.69, 9.17) is 0 Å². The van der Waals surface area contributed by atoms with Crippen molar-refractivity contribution in [1.29, 1.82) is 0 Å². The van der Waals surface area contributed by atoms with Gasteiger partial charge >= 0.3 is 0 Å². The number of aldehydes is 1. The molecule has 0 aliphatic carbocycles. The van der Waals surface area contributed by atoms with Gasteiger partial charge in [0.2, 0.25) is 0 Å². The monoisotopic (exact) mass is 271 g/mol. The molecule has 1 aromatic rings. The van der Waals surface area contributed by atoms with Crippen molar-refractivity contribution in [2.45, 2.75) is 13.8 Å². The molecule has 0 bridgehead atoms. The van der Waals surface area contributed by atoms with E-state index in [-0.39, 0.29) is 11.7 Å². The van der Waals surface area contributed by atoms with Crippen molar-refractivity contribution in [3.63, 3.8) is 0 Å². The van der Waals surface area contributed by atoms with Gasteiger partial charge in [-0.1, -0.05) is 24.6 Å². The van der Waals surface area contributed by atoms with Crippen molar-refractivity contribution < 1.29 is 9.59 Å². The number of Topliss-reactive ketones (excluding diaryl/α,β-unsaturated/α-hetero) is 1. The molecule has 0 aliphatic rings. The van der Waals surface area contributed by atoms with Gasteiger partial charge in [0.05, 0.1) is 0 Å². The van der Waals surface area contributed by atoms with Gasteiger partial charge in [0.15, 0.2) is 5.78 Å². The summed E-state index contributed by atoms with van der Waals surface area (Å²) in [6.07, 6.45) is 5.72. The summed E-state index contributed by atoms with van der Waals surface area (Å²) in [5.74, 6) is -0.134. The van der Waals surface area contributed by atoms with Gasteiger partial charge in [-0.15, -0.1) is 0 Å². The zero-order valence-electron chi connectivity index (χ0n) is 12.5. The Morgan fingerprint density at radius 2 is 1.80 bits per heavy atom. The van der Waals surface area contributed by atoms with Crippen LogP contribution >= 0.6 is 0 Å². The van der Waals surface area contributed by atoms with Crippen LogP contribution in [0.3, 0.4) is 0 Å². The van der Waals surface area contributed by atoms with E-state index in [2.05, 4.69) is 0 Å². The first kappa shape index (κ1) is 15.9. The second kappa shape index (κ2) is 7.43. The molecule has 0 heterocycles. The van der Waals surface area contributed by atoms with E-state index in [1.165, 1.54) is 6.08 Å². The molecule has 0 spiro atoms. The molecule has 1 aromatic carbocycles. The topological polar surface area (TPSA) is 37.4 Å². The first-order valence-corrected chi connectivity index (χ1v) is 6.57. The summed E-state index contributed by atoms with van der Waals surface area (Å²) in [4.78, 5) is 24.5. The second-order valence-corrected chi connectivity index (χ2v) is 5.00. The molecule has 0 amide bonds. The first-order chi connectivity index (χ1) is 9.45. The van der Waals surface area contributed by atoms with Crippen LogP contribution in [0.1, 0.15) is 24.2 Å². The molecule has 3 nitrogen and oxygen atoms in total. The van der Waals surface area contributed by atoms with Gasteiger partial charge < -0.3 is 4.90 Å². The van der Waals surface area contributed by atoms with Crippen LogP contribution in [0, 0.1) is 5.92 Å². The molecule has 0 aromatic heterocycles. The number of carbonyl (C=O) groups is 2. The van der Waals surface area contributed by atoms with Crippen LogP contribution in [-0.2, 0) is 4.79 Å². The highest BCUT2D eigenvalue weighted by atomic mass is 16.1. The Labute approximate surface area is 120 Å². The van der Waals surface area contributed by atoms with Gasteiger partial charge in [0, 0.05) is 31.3 Å². The van der Waals surface area contributed by atoms with Crippen LogP contribution in [-0.4, -0.2) is 26.2 Å². The minimum absolute atomic E-state index is 0.0779. The van der Waals surface area contributed by atoms with Crippen LogP contribution in [0.5, 0.6) is 0 Å². The van der Waals surface area contributed by atoms with E-state index in [1.807, 2.05) is 63.2 Å². The number of nitrogens with zero attached hydrogens (tertiary/aromatic N) is 1. The number of hydrogen-bond donors (Lipinski definition) is 0. The maximum absolute atomic E-state index is 12.3.